The summed E-state index contributed by atoms with van der Waals surface area (Å²) < 4.78 is 0. The number of piperidine rings is 1. The monoisotopic (exact) mass is 321 g/mol. The molecule has 2 amide bonds. The number of likely N-dealkylation sites (tertiary alicyclic amines) is 1. The Hall–Kier alpha value is -1.03. The highest BCUT2D eigenvalue weighted by molar-refractivity contribution is 5.73. The average Bonchev–Trinajstić information content (AvgIpc) is 2.57. The number of hydrogen-bond acceptors (Lipinski definition) is 2. The second-order valence-corrected chi connectivity index (χ2v) is 7.27. The van der Waals surface area contributed by atoms with Gasteiger partial charge in [0.2, 0.25) is 0 Å². The summed E-state index contributed by atoms with van der Waals surface area (Å²) in [6.45, 7) is 7.60. The van der Waals surface area contributed by atoms with Gasteiger partial charge in [-0.25, -0.2) is 4.79 Å². The second kappa shape index (κ2) is 10.7. The van der Waals surface area contributed by atoms with Crippen LogP contribution < -0.4 is 10.6 Å². The number of hydrogen-bond donors (Lipinski definition) is 2. The van der Waals surface area contributed by atoms with Crippen LogP contribution in [-0.2, 0) is 0 Å². The first-order valence-corrected chi connectivity index (χ1v) is 9.66. The molecule has 1 saturated heterocycles. The molecule has 1 aliphatic carbocycles. The molecule has 1 aliphatic heterocycles. The lowest BCUT2D eigenvalue weighted by molar-refractivity contribution is 0.189. The number of rotatable bonds is 8. The third-order valence-corrected chi connectivity index (χ3v) is 5.18. The van der Waals surface area contributed by atoms with Crippen molar-refractivity contribution in [3.8, 4) is 0 Å². The van der Waals surface area contributed by atoms with Gasteiger partial charge in [-0.05, 0) is 83.3 Å². The summed E-state index contributed by atoms with van der Waals surface area (Å²) >= 11 is 0. The van der Waals surface area contributed by atoms with Crippen molar-refractivity contribution in [2.45, 2.75) is 64.7 Å². The zero-order chi connectivity index (χ0) is 16.3. The van der Waals surface area contributed by atoms with Crippen LogP contribution in [0.5, 0.6) is 0 Å². The highest BCUT2D eigenvalue weighted by Gasteiger charge is 2.14. The van der Waals surface area contributed by atoms with Gasteiger partial charge in [-0.15, -0.1) is 0 Å². The molecule has 2 rings (SSSR count). The quantitative estimate of drug-likeness (QED) is 0.529. The normalized spacial score (nSPS) is 20.1. The molecule has 0 aromatic carbocycles. The highest BCUT2D eigenvalue weighted by Crippen LogP contribution is 2.19. The summed E-state index contributed by atoms with van der Waals surface area (Å²) in [6.07, 6.45) is 13.4. The van der Waals surface area contributed by atoms with E-state index in [2.05, 4.69) is 28.5 Å². The molecule has 2 N–H and O–H groups in total. The molecule has 0 aromatic rings. The van der Waals surface area contributed by atoms with Crippen LogP contribution >= 0.6 is 0 Å². The molecule has 0 unspecified atom stereocenters. The minimum Gasteiger partial charge on any atom is -0.338 e. The van der Waals surface area contributed by atoms with Gasteiger partial charge >= 0.3 is 6.03 Å². The fourth-order valence-corrected chi connectivity index (χ4v) is 3.48. The second-order valence-electron chi connectivity index (χ2n) is 7.27. The number of nitrogens with one attached hydrogen (secondary N) is 2. The van der Waals surface area contributed by atoms with Crippen molar-refractivity contribution in [1.82, 2.24) is 15.5 Å². The summed E-state index contributed by atoms with van der Waals surface area (Å²) in [5, 5.41) is 5.95. The van der Waals surface area contributed by atoms with Crippen molar-refractivity contribution in [2.24, 2.45) is 5.92 Å². The van der Waals surface area contributed by atoms with Crippen molar-refractivity contribution < 1.29 is 4.79 Å². The van der Waals surface area contributed by atoms with Gasteiger partial charge in [0.25, 0.3) is 0 Å². The molecule has 1 fully saturated rings. The van der Waals surface area contributed by atoms with Gasteiger partial charge in [-0.2, -0.15) is 0 Å². The van der Waals surface area contributed by atoms with Gasteiger partial charge in [0, 0.05) is 13.1 Å². The molecule has 0 atom stereocenters. The number of allylic oxidation sites excluding steroid dienone is 1. The largest absolute Gasteiger partial charge is 0.338 e. The van der Waals surface area contributed by atoms with Crippen LogP contribution in [0.3, 0.4) is 0 Å². The third-order valence-electron chi connectivity index (χ3n) is 5.18. The van der Waals surface area contributed by atoms with E-state index < -0.39 is 0 Å². The SMILES string of the molecule is CC1CCN(CCCCNC(=O)NCCC2=CCCCC2)CC1. The molecule has 0 radical (unpaired) electrons. The first-order chi connectivity index (χ1) is 11.2. The molecule has 0 aromatic heterocycles. The number of urea groups is 1. The minimum absolute atomic E-state index is 0.00629. The molecule has 0 spiro atoms. The summed E-state index contributed by atoms with van der Waals surface area (Å²) in [4.78, 5) is 14.3. The Balaban J connectivity index is 1.41. The van der Waals surface area contributed by atoms with Crippen LogP contribution in [0.15, 0.2) is 11.6 Å². The lowest BCUT2D eigenvalue weighted by Crippen LogP contribution is -2.37. The van der Waals surface area contributed by atoms with Crippen molar-refractivity contribution in [1.29, 1.82) is 0 Å². The predicted octanol–water partition coefficient (Wildman–Crippen LogP) is 3.69. The Morgan fingerprint density at radius 3 is 2.70 bits per heavy atom. The molecular formula is C19H35N3O. The van der Waals surface area contributed by atoms with E-state index in [1.165, 1.54) is 70.2 Å². The summed E-state index contributed by atoms with van der Waals surface area (Å²) in [5.74, 6) is 0.904. The fraction of sp³-hybridized carbons (Fsp3) is 0.842. The predicted molar refractivity (Wildman–Crippen MR) is 96.6 cm³/mol. The topological polar surface area (TPSA) is 44.4 Å². The Bertz CT molecular complexity index is 373. The Morgan fingerprint density at radius 2 is 1.96 bits per heavy atom. The zero-order valence-corrected chi connectivity index (χ0v) is 14.9. The van der Waals surface area contributed by atoms with Gasteiger partial charge in [-0.1, -0.05) is 18.6 Å². The van der Waals surface area contributed by atoms with Crippen molar-refractivity contribution in [2.75, 3.05) is 32.7 Å². The number of amides is 2. The molecule has 1 heterocycles. The van der Waals surface area contributed by atoms with Gasteiger partial charge in [0.1, 0.15) is 0 Å². The van der Waals surface area contributed by atoms with Crippen LogP contribution in [0, 0.1) is 5.92 Å². The van der Waals surface area contributed by atoms with Gasteiger partial charge < -0.3 is 15.5 Å². The average molecular weight is 322 g/mol. The maximum atomic E-state index is 11.7. The lowest BCUT2D eigenvalue weighted by atomic mass is 9.97. The number of unbranched alkanes of at least 4 members (excludes halogenated alkanes) is 1. The van der Waals surface area contributed by atoms with Crippen LogP contribution in [0.4, 0.5) is 4.79 Å². The van der Waals surface area contributed by atoms with E-state index in [0.717, 1.165) is 31.8 Å². The first-order valence-electron chi connectivity index (χ1n) is 9.66. The molecule has 0 bridgehead atoms. The molecule has 4 nitrogen and oxygen atoms in total. The number of carbonyl (C=O) groups excluding carboxylic acids is 1. The van der Waals surface area contributed by atoms with Crippen LogP contribution in [0.25, 0.3) is 0 Å². The van der Waals surface area contributed by atoms with Gasteiger partial charge in [-0.3, -0.25) is 0 Å². The Morgan fingerprint density at radius 1 is 1.17 bits per heavy atom. The molecule has 4 heteroatoms. The molecule has 2 aliphatic rings. The van der Waals surface area contributed by atoms with E-state index in [0.29, 0.717) is 0 Å². The van der Waals surface area contributed by atoms with Crippen molar-refractivity contribution in [3.63, 3.8) is 0 Å². The number of carbonyl (C=O) groups is 1. The highest BCUT2D eigenvalue weighted by atomic mass is 16.2. The maximum absolute atomic E-state index is 11.7. The summed E-state index contributed by atoms with van der Waals surface area (Å²) in [7, 11) is 0. The van der Waals surface area contributed by atoms with Crippen molar-refractivity contribution in [3.05, 3.63) is 11.6 Å². The standard InChI is InChI=1S/C19H35N3O/c1-17-10-15-22(16-11-17)14-6-5-12-20-19(23)21-13-9-18-7-3-2-4-8-18/h7,17H,2-6,8-16H2,1H3,(H2,20,21,23). The van der Waals surface area contributed by atoms with Crippen molar-refractivity contribution >= 4 is 6.03 Å². The van der Waals surface area contributed by atoms with Crippen LogP contribution in [0.1, 0.15) is 64.7 Å². The van der Waals surface area contributed by atoms with Gasteiger partial charge in [0.05, 0.1) is 0 Å². The van der Waals surface area contributed by atoms with E-state index in [4.69, 9.17) is 0 Å². The zero-order valence-electron chi connectivity index (χ0n) is 14.9. The summed E-state index contributed by atoms with van der Waals surface area (Å²) in [6, 6.07) is -0.00629. The Kier molecular flexibility index (Phi) is 8.51. The maximum Gasteiger partial charge on any atom is 0.314 e. The number of nitrogens with zero attached hydrogens (tertiary/aromatic N) is 1. The Labute approximate surface area is 142 Å². The van der Waals surface area contributed by atoms with E-state index in [1.807, 2.05) is 0 Å². The van der Waals surface area contributed by atoms with E-state index in [-0.39, 0.29) is 6.03 Å². The molecular weight excluding hydrogens is 286 g/mol. The third kappa shape index (κ3) is 7.87. The van der Waals surface area contributed by atoms with E-state index >= 15 is 0 Å². The summed E-state index contributed by atoms with van der Waals surface area (Å²) in [5.41, 5.74) is 1.52. The first kappa shape index (κ1) is 18.3. The van der Waals surface area contributed by atoms with Crippen LogP contribution in [0.2, 0.25) is 0 Å². The van der Waals surface area contributed by atoms with Crippen LogP contribution in [-0.4, -0.2) is 43.7 Å². The lowest BCUT2D eigenvalue weighted by Gasteiger charge is -2.30. The smallest absolute Gasteiger partial charge is 0.314 e. The van der Waals surface area contributed by atoms with E-state index in [9.17, 15) is 4.79 Å². The fourth-order valence-electron chi connectivity index (χ4n) is 3.48. The molecule has 132 valence electrons. The molecule has 0 saturated carbocycles. The minimum atomic E-state index is -0.00629. The molecule has 23 heavy (non-hydrogen) atoms. The van der Waals surface area contributed by atoms with E-state index in [1.54, 1.807) is 0 Å². The van der Waals surface area contributed by atoms with Gasteiger partial charge in [0.15, 0.2) is 0 Å².